The molecule has 9 nitrogen and oxygen atoms in total. The maximum Gasteiger partial charge on any atom is 0.305 e. The van der Waals surface area contributed by atoms with Gasteiger partial charge in [0, 0.05) is 26.8 Å². The molecule has 0 spiro atoms. The van der Waals surface area contributed by atoms with E-state index < -0.39 is 17.7 Å². The van der Waals surface area contributed by atoms with Crippen molar-refractivity contribution in [2.45, 2.75) is 22.6 Å². The fraction of sp³-hybridized carbons (Fsp3) is 0.294. The summed E-state index contributed by atoms with van der Waals surface area (Å²) in [5, 5.41) is 4.81. The van der Waals surface area contributed by atoms with E-state index in [1.165, 1.54) is 23.3 Å². The molecule has 3 fully saturated rings. The van der Waals surface area contributed by atoms with E-state index in [0.29, 0.717) is 37.9 Å². The molecular formula is C34H26Cl3N3O6S2. The minimum absolute atomic E-state index is 0.00979. The number of aromatic nitrogens is 1. The summed E-state index contributed by atoms with van der Waals surface area (Å²) in [5.41, 5.74) is 1.92. The number of aromatic amines is 1. The predicted octanol–water partition coefficient (Wildman–Crippen LogP) is 7.10. The molecule has 4 unspecified atom stereocenters. The number of carbonyl (C=O) groups is 3. The number of benzene rings is 3. The summed E-state index contributed by atoms with van der Waals surface area (Å²) in [4.78, 5) is 58.3. The van der Waals surface area contributed by atoms with Crippen LogP contribution in [-0.4, -0.2) is 41.7 Å². The van der Waals surface area contributed by atoms with Crippen LogP contribution < -0.4 is 24.6 Å². The highest BCUT2D eigenvalue weighted by atomic mass is 35.5. The molecule has 4 aliphatic rings. The third-order valence-electron chi connectivity index (χ3n) is 9.92. The summed E-state index contributed by atoms with van der Waals surface area (Å²) in [6.45, 7) is -0.280. The van der Waals surface area contributed by atoms with Gasteiger partial charge >= 0.3 is 4.87 Å². The van der Waals surface area contributed by atoms with Crippen LogP contribution in [0.3, 0.4) is 0 Å². The predicted molar refractivity (Wildman–Crippen MR) is 186 cm³/mol. The van der Waals surface area contributed by atoms with Crippen molar-refractivity contribution < 1.29 is 23.9 Å². The highest BCUT2D eigenvalue weighted by Crippen LogP contribution is 2.68. The van der Waals surface area contributed by atoms with Gasteiger partial charge in [-0.3, -0.25) is 24.1 Å². The first-order valence-corrected chi connectivity index (χ1v) is 18.0. The van der Waals surface area contributed by atoms with E-state index in [2.05, 4.69) is 10.3 Å². The molecule has 2 aliphatic carbocycles. The molecular weight excluding hydrogens is 717 g/mol. The number of carbonyl (C=O) groups excluding carboxylic acids is 3. The van der Waals surface area contributed by atoms with E-state index >= 15 is 0 Å². The number of imide groups is 1. The Labute approximate surface area is 297 Å². The van der Waals surface area contributed by atoms with Crippen LogP contribution in [0.2, 0.25) is 15.1 Å². The number of amides is 3. The molecule has 3 amide bonds. The Morgan fingerprint density at radius 2 is 1.69 bits per heavy atom. The lowest BCUT2D eigenvalue weighted by Gasteiger charge is -2.43. The molecule has 3 aromatic carbocycles. The van der Waals surface area contributed by atoms with Gasteiger partial charge in [0.25, 0.3) is 5.91 Å². The third kappa shape index (κ3) is 5.13. The number of nitrogens with zero attached hydrogens (tertiary/aromatic N) is 1. The Hall–Kier alpha value is -3.48. The van der Waals surface area contributed by atoms with Gasteiger partial charge in [0.2, 0.25) is 11.8 Å². The highest BCUT2D eigenvalue weighted by molar-refractivity contribution is 8.00. The molecule has 1 aromatic heterocycles. The lowest BCUT2D eigenvalue weighted by molar-refractivity contribution is -0.123. The zero-order valence-corrected chi connectivity index (χ0v) is 29.0. The third-order valence-corrected chi connectivity index (χ3v) is 13.5. The van der Waals surface area contributed by atoms with Gasteiger partial charge in [-0.2, -0.15) is 0 Å². The number of halogens is 3. The SMILES string of the molecule is COc1cc([C@H]2c3sc(=O)[nH]c3SC3C2[C@H]2C[C@@H]3C3C(=O)N(c4ccc(Cl)cc4)C(=O)C32)ccc1OCC(=O)Nc1ccc(Cl)c(Cl)c1. The maximum absolute atomic E-state index is 14.0. The minimum atomic E-state index is -0.432. The van der Waals surface area contributed by atoms with E-state index in [0.717, 1.165) is 21.9 Å². The Kier molecular flexibility index (Phi) is 8.03. The first-order valence-electron chi connectivity index (χ1n) is 15.2. The summed E-state index contributed by atoms with van der Waals surface area (Å²) < 4.78 is 11.6. The number of nitrogens with one attached hydrogen (secondary N) is 2. The van der Waals surface area contributed by atoms with Gasteiger partial charge in [0.15, 0.2) is 18.1 Å². The average Bonchev–Trinajstić information content (AvgIpc) is 3.81. The topological polar surface area (TPSA) is 118 Å². The number of H-pyrrole nitrogens is 1. The molecule has 246 valence electrons. The molecule has 8 rings (SSSR count). The van der Waals surface area contributed by atoms with E-state index in [4.69, 9.17) is 44.3 Å². The van der Waals surface area contributed by atoms with Crippen molar-refractivity contribution in [3.05, 3.63) is 95.8 Å². The smallest absolute Gasteiger partial charge is 0.305 e. The lowest BCUT2D eigenvalue weighted by atomic mass is 9.68. The Morgan fingerprint density at radius 3 is 2.42 bits per heavy atom. The first kappa shape index (κ1) is 31.8. The Bertz CT molecular complexity index is 2050. The van der Waals surface area contributed by atoms with Crippen molar-refractivity contribution >= 4 is 87.0 Å². The molecule has 48 heavy (non-hydrogen) atoms. The van der Waals surface area contributed by atoms with Gasteiger partial charge in [-0.05, 0) is 84.3 Å². The van der Waals surface area contributed by atoms with Crippen LogP contribution >= 0.6 is 57.9 Å². The molecule has 3 heterocycles. The highest BCUT2D eigenvalue weighted by Gasteiger charge is 2.69. The summed E-state index contributed by atoms with van der Waals surface area (Å²) in [6.07, 6.45) is 0.769. The second kappa shape index (κ2) is 12.1. The zero-order valence-electron chi connectivity index (χ0n) is 25.1. The molecule has 7 atom stereocenters. The lowest BCUT2D eigenvalue weighted by Crippen LogP contribution is -2.42. The van der Waals surface area contributed by atoms with Gasteiger partial charge in [0.05, 0.1) is 39.7 Å². The Balaban J connectivity index is 1.08. The van der Waals surface area contributed by atoms with Crippen LogP contribution in [0.25, 0.3) is 0 Å². The number of fused-ring (bicyclic) bond motifs is 9. The van der Waals surface area contributed by atoms with Gasteiger partial charge in [-0.15, -0.1) is 11.8 Å². The number of ether oxygens (including phenoxy) is 2. The zero-order chi connectivity index (χ0) is 33.4. The van der Waals surface area contributed by atoms with Crippen molar-refractivity contribution in [2.75, 3.05) is 23.9 Å². The summed E-state index contributed by atoms with van der Waals surface area (Å²) in [7, 11) is 1.53. The van der Waals surface area contributed by atoms with Crippen molar-refractivity contribution in [2.24, 2.45) is 29.6 Å². The van der Waals surface area contributed by atoms with Gasteiger partial charge in [-0.1, -0.05) is 52.2 Å². The molecule has 2 saturated carbocycles. The van der Waals surface area contributed by atoms with Crippen LogP contribution in [0, 0.1) is 29.6 Å². The molecule has 2 N–H and O–H groups in total. The number of hydrogen-bond acceptors (Lipinski definition) is 8. The number of rotatable bonds is 7. The Morgan fingerprint density at radius 1 is 0.938 bits per heavy atom. The second-order valence-corrected chi connectivity index (χ2v) is 15.8. The first-order chi connectivity index (χ1) is 23.1. The molecule has 1 saturated heterocycles. The van der Waals surface area contributed by atoms with E-state index in [-0.39, 0.29) is 52.2 Å². The van der Waals surface area contributed by atoms with E-state index in [1.807, 2.05) is 12.1 Å². The van der Waals surface area contributed by atoms with Crippen LogP contribution in [-0.2, 0) is 14.4 Å². The fourth-order valence-corrected chi connectivity index (χ4v) is 11.5. The van der Waals surface area contributed by atoms with Crippen molar-refractivity contribution in [3.63, 3.8) is 0 Å². The molecule has 14 heteroatoms. The van der Waals surface area contributed by atoms with Crippen molar-refractivity contribution in [3.8, 4) is 11.5 Å². The number of methoxy groups -OCH3 is 1. The molecule has 4 aromatic rings. The second-order valence-electron chi connectivity index (χ2n) is 12.3. The van der Waals surface area contributed by atoms with Crippen molar-refractivity contribution in [1.82, 2.24) is 4.98 Å². The molecule has 2 bridgehead atoms. The van der Waals surface area contributed by atoms with Crippen LogP contribution in [0.4, 0.5) is 11.4 Å². The molecule has 0 radical (unpaired) electrons. The number of anilines is 2. The van der Waals surface area contributed by atoms with E-state index in [1.54, 1.807) is 60.3 Å². The standard InChI is InChI=1S/C34H26Cl3N3O6S2/c1-45-23-10-14(2-9-22(23)46-13-24(41)38-16-5-8-20(36)21(37)11-16)25-26-18-12-19(29(26)47-31-30(25)48-34(44)39-31)28-27(18)32(42)40(33(28)43)17-6-3-15(35)4-7-17/h2-11,18-19,25-29H,12-13H2,1H3,(H,38,41)(H,39,44)/t18-,19-,25-,26?,27?,28?,29?/m1/s1. The van der Waals surface area contributed by atoms with E-state index in [9.17, 15) is 19.2 Å². The fourth-order valence-electron chi connectivity index (χ4n) is 8.15. The van der Waals surface area contributed by atoms with Gasteiger partial charge in [-0.25, -0.2) is 0 Å². The van der Waals surface area contributed by atoms with Crippen LogP contribution in [0.5, 0.6) is 11.5 Å². The number of hydrogen-bond donors (Lipinski definition) is 2. The summed E-state index contributed by atoms with van der Waals surface area (Å²) in [5.74, 6) is -1.02. The summed E-state index contributed by atoms with van der Waals surface area (Å²) in [6, 6.07) is 17.1. The monoisotopic (exact) mass is 741 g/mol. The molecule has 2 aliphatic heterocycles. The summed E-state index contributed by atoms with van der Waals surface area (Å²) >= 11 is 20.9. The van der Waals surface area contributed by atoms with Crippen LogP contribution in [0.1, 0.15) is 22.8 Å². The average molecular weight is 743 g/mol. The van der Waals surface area contributed by atoms with Gasteiger partial charge < -0.3 is 19.8 Å². The maximum atomic E-state index is 14.0. The van der Waals surface area contributed by atoms with Crippen molar-refractivity contribution in [1.29, 1.82) is 0 Å². The number of thioether (sulfide) groups is 1. The number of thiazole rings is 1. The van der Waals surface area contributed by atoms with Crippen LogP contribution in [0.15, 0.2) is 70.5 Å². The minimum Gasteiger partial charge on any atom is -0.493 e. The normalized spacial score (nSPS) is 26.7. The van der Waals surface area contributed by atoms with Gasteiger partial charge in [0.1, 0.15) is 0 Å². The largest absolute Gasteiger partial charge is 0.493 e. The quantitative estimate of drug-likeness (QED) is 0.194.